The van der Waals surface area contributed by atoms with Crippen LogP contribution in [0.3, 0.4) is 0 Å². The van der Waals surface area contributed by atoms with Gasteiger partial charge in [-0.1, -0.05) is 13.8 Å². The first-order valence-electron chi connectivity index (χ1n) is 3.70. The van der Waals surface area contributed by atoms with Crippen molar-refractivity contribution in [1.29, 1.82) is 0 Å². The highest BCUT2D eigenvalue weighted by Crippen LogP contribution is 2.10. The van der Waals surface area contributed by atoms with Crippen LogP contribution in [0.5, 0.6) is 0 Å². The number of hydrogen-bond acceptors (Lipinski definition) is 2. The maximum absolute atomic E-state index is 4.29. The van der Waals surface area contributed by atoms with Crippen molar-refractivity contribution in [2.24, 2.45) is 0 Å². The molecule has 2 atom stereocenters. The van der Waals surface area contributed by atoms with Gasteiger partial charge in [-0.2, -0.15) is 12.6 Å². The zero-order valence-corrected chi connectivity index (χ0v) is 7.41. The third kappa shape index (κ3) is 3.82. The second-order valence-corrected chi connectivity index (χ2v) is 2.93. The van der Waals surface area contributed by atoms with E-state index in [2.05, 4.69) is 24.9 Å². The summed E-state index contributed by atoms with van der Waals surface area (Å²) in [5.74, 6) is 0. The molecule has 0 aromatic heterocycles. The summed E-state index contributed by atoms with van der Waals surface area (Å²) in [6.45, 7) is 7.28. The summed E-state index contributed by atoms with van der Waals surface area (Å²) in [5, 5.41) is 3.90. The molecule has 0 saturated carbocycles. The Morgan fingerprint density at radius 1 is 1.44 bits per heavy atom. The average Bonchev–Trinajstić information content (AvgIpc) is 2.20. The molecule has 1 saturated heterocycles. The monoisotopic (exact) mass is 147 g/mol. The van der Waals surface area contributed by atoms with Crippen LogP contribution in [0, 0.1) is 0 Å². The van der Waals surface area contributed by atoms with Crippen LogP contribution in [0.15, 0.2) is 0 Å². The van der Waals surface area contributed by atoms with Crippen molar-refractivity contribution in [2.75, 3.05) is 6.54 Å². The third-order valence-electron chi connectivity index (χ3n) is 1.33. The highest BCUT2D eigenvalue weighted by atomic mass is 32.1. The normalized spacial score (nSPS) is 33.3. The molecule has 0 bridgehead atoms. The van der Waals surface area contributed by atoms with Gasteiger partial charge in [0.15, 0.2) is 0 Å². The molecule has 0 radical (unpaired) electrons. The molecular weight excluding hydrogens is 130 g/mol. The lowest BCUT2D eigenvalue weighted by Crippen LogP contribution is -2.16. The van der Waals surface area contributed by atoms with Crippen LogP contribution in [-0.4, -0.2) is 17.8 Å². The number of thiol groups is 1. The van der Waals surface area contributed by atoms with Crippen molar-refractivity contribution < 1.29 is 0 Å². The van der Waals surface area contributed by atoms with E-state index >= 15 is 0 Å². The second-order valence-electron chi connectivity index (χ2n) is 2.20. The lowest BCUT2D eigenvalue weighted by atomic mass is 10.2. The highest BCUT2D eigenvalue weighted by molar-refractivity contribution is 7.81. The van der Waals surface area contributed by atoms with Crippen LogP contribution in [0.1, 0.15) is 27.2 Å². The lowest BCUT2D eigenvalue weighted by molar-refractivity contribution is 0.665. The Bertz CT molecular complexity index is 57.9. The number of hydrogen-bond donors (Lipinski definition) is 2. The molecule has 1 nitrogen and oxygen atoms in total. The van der Waals surface area contributed by atoms with Crippen molar-refractivity contribution in [1.82, 2.24) is 5.32 Å². The maximum atomic E-state index is 4.29. The van der Waals surface area contributed by atoms with Gasteiger partial charge in [0.1, 0.15) is 0 Å². The smallest absolute Gasteiger partial charge is 0.0157 e. The van der Waals surface area contributed by atoms with Gasteiger partial charge in [0.2, 0.25) is 0 Å². The molecule has 9 heavy (non-hydrogen) atoms. The van der Waals surface area contributed by atoms with E-state index < -0.39 is 0 Å². The first-order chi connectivity index (χ1) is 4.29. The topological polar surface area (TPSA) is 12.0 Å². The Morgan fingerprint density at radius 3 is 2.11 bits per heavy atom. The summed E-state index contributed by atoms with van der Waals surface area (Å²) in [5.41, 5.74) is 0. The van der Waals surface area contributed by atoms with Crippen molar-refractivity contribution >= 4 is 12.6 Å². The predicted octanol–water partition coefficient (Wildman–Crippen LogP) is 1.69. The Balaban J connectivity index is 0.000000291. The van der Waals surface area contributed by atoms with Crippen LogP contribution in [-0.2, 0) is 0 Å². The van der Waals surface area contributed by atoms with Crippen molar-refractivity contribution in [3.8, 4) is 0 Å². The first kappa shape index (κ1) is 9.31. The lowest BCUT2D eigenvalue weighted by Gasteiger charge is -1.95. The summed E-state index contributed by atoms with van der Waals surface area (Å²) < 4.78 is 0. The SMILES string of the molecule is CC.CC1CC(S)CN1. The minimum atomic E-state index is 0.606. The van der Waals surface area contributed by atoms with E-state index in [1.807, 2.05) is 13.8 Å². The molecule has 56 valence electrons. The van der Waals surface area contributed by atoms with Gasteiger partial charge in [-0.3, -0.25) is 0 Å². The van der Waals surface area contributed by atoms with E-state index in [4.69, 9.17) is 0 Å². The third-order valence-corrected chi connectivity index (χ3v) is 1.72. The molecule has 0 spiro atoms. The Labute approximate surface area is 63.6 Å². The summed E-state index contributed by atoms with van der Waals surface area (Å²) in [6, 6.07) is 0.697. The Hall–Kier alpha value is 0.310. The van der Waals surface area contributed by atoms with Crippen LogP contribution < -0.4 is 5.32 Å². The van der Waals surface area contributed by atoms with Crippen molar-refractivity contribution in [2.45, 2.75) is 38.5 Å². The summed E-state index contributed by atoms with van der Waals surface area (Å²) in [6.07, 6.45) is 1.23. The van der Waals surface area contributed by atoms with Gasteiger partial charge in [-0.25, -0.2) is 0 Å². The van der Waals surface area contributed by atoms with Gasteiger partial charge >= 0.3 is 0 Å². The van der Waals surface area contributed by atoms with E-state index in [-0.39, 0.29) is 0 Å². The number of rotatable bonds is 0. The van der Waals surface area contributed by atoms with E-state index in [0.29, 0.717) is 11.3 Å². The minimum Gasteiger partial charge on any atom is -0.313 e. The molecule has 1 aliphatic heterocycles. The molecule has 2 heteroatoms. The van der Waals surface area contributed by atoms with E-state index in [1.54, 1.807) is 0 Å². The van der Waals surface area contributed by atoms with E-state index in [0.717, 1.165) is 6.54 Å². The molecule has 1 N–H and O–H groups in total. The van der Waals surface area contributed by atoms with Crippen molar-refractivity contribution in [3.05, 3.63) is 0 Å². The van der Waals surface area contributed by atoms with Gasteiger partial charge in [-0.05, 0) is 13.3 Å². The largest absolute Gasteiger partial charge is 0.313 e. The molecule has 1 rings (SSSR count). The van der Waals surface area contributed by atoms with Gasteiger partial charge in [0.05, 0.1) is 0 Å². The van der Waals surface area contributed by atoms with Crippen LogP contribution >= 0.6 is 12.6 Å². The molecule has 0 aliphatic carbocycles. The molecular formula is C7H17NS. The standard InChI is InChI=1S/C5H11NS.C2H6/c1-4-2-5(7)3-6-4;1-2/h4-7H,2-3H2,1H3;1-2H3. The second kappa shape index (κ2) is 5.12. The van der Waals surface area contributed by atoms with Gasteiger partial charge < -0.3 is 5.32 Å². The fraction of sp³-hybridized carbons (Fsp3) is 1.00. The molecule has 1 fully saturated rings. The van der Waals surface area contributed by atoms with Crippen molar-refractivity contribution in [3.63, 3.8) is 0 Å². The average molecular weight is 147 g/mol. The molecule has 0 aromatic rings. The zero-order valence-electron chi connectivity index (χ0n) is 6.52. The number of nitrogens with one attached hydrogen (secondary N) is 1. The first-order valence-corrected chi connectivity index (χ1v) is 4.22. The summed E-state index contributed by atoms with van der Waals surface area (Å²) in [7, 11) is 0. The fourth-order valence-corrected chi connectivity index (χ4v) is 1.33. The van der Waals surface area contributed by atoms with Crippen LogP contribution in [0.25, 0.3) is 0 Å². The fourth-order valence-electron chi connectivity index (χ4n) is 0.912. The Morgan fingerprint density at radius 2 is 2.00 bits per heavy atom. The molecule has 2 unspecified atom stereocenters. The molecule has 0 aromatic carbocycles. The van der Waals surface area contributed by atoms with Gasteiger partial charge in [-0.15, -0.1) is 0 Å². The zero-order chi connectivity index (χ0) is 7.28. The summed E-state index contributed by atoms with van der Waals surface area (Å²) in [4.78, 5) is 0. The molecule has 0 amide bonds. The quantitative estimate of drug-likeness (QED) is 0.497. The van der Waals surface area contributed by atoms with Gasteiger partial charge in [0, 0.05) is 17.8 Å². The minimum absolute atomic E-state index is 0.606. The van der Waals surface area contributed by atoms with Crippen LogP contribution in [0.4, 0.5) is 0 Å². The van der Waals surface area contributed by atoms with Crippen LogP contribution in [0.2, 0.25) is 0 Å². The highest BCUT2D eigenvalue weighted by Gasteiger charge is 2.15. The Kier molecular flexibility index (Phi) is 5.30. The van der Waals surface area contributed by atoms with E-state index in [9.17, 15) is 0 Å². The van der Waals surface area contributed by atoms with Gasteiger partial charge in [0.25, 0.3) is 0 Å². The molecule has 1 heterocycles. The summed E-state index contributed by atoms with van der Waals surface area (Å²) >= 11 is 4.29. The van der Waals surface area contributed by atoms with E-state index in [1.165, 1.54) is 6.42 Å². The maximum Gasteiger partial charge on any atom is 0.0157 e. The molecule has 1 aliphatic rings. The predicted molar refractivity (Wildman–Crippen MR) is 46.2 cm³/mol.